The van der Waals surface area contributed by atoms with E-state index in [9.17, 15) is 0 Å². The fourth-order valence-corrected chi connectivity index (χ4v) is 0.438. The molecule has 1 N–H and O–H groups in total. The van der Waals surface area contributed by atoms with E-state index in [-0.39, 0.29) is 63.8 Å². The Balaban J connectivity index is 0. The van der Waals surface area contributed by atoms with Crippen LogP contribution >= 0.6 is 0 Å². The zero-order valence-electron chi connectivity index (χ0n) is 5.61. The van der Waals surface area contributed by atoms with Crippen LogP contribution in [0, 0.1) is 13.1 Å². The molecule has 1 aromatic heterocycles. The van der Waals surface area contributed by atoms with E-state index in [1.54, 1.807) is 0 Å². The molecule has 1 nitrogen and oxygen atoms in total. The summed E-state index contributed by atoms with van der Waals surface area (Å²) in [5.41, 5.74) is 1.14. The Labute approximate surface area is 104 Å². The van der Waals surface area contributed by atoms with Crippen LogP contribution in [0.15, 0.2) is 18.3 Å². The maximum atomic E-state index is 2.91. The molecule has 0 aromatic carbocycles. The third-order valence-corrected chi connectivity index (χ3v) is 0.795. The SMILES string of the molecule is Cc1[c-][nH+]ccc1.[Cl-].[K+]. The molecule has 0 aliphatic heterocycles. The van der Waals surface area contributed by atoms with E-state index in [1.165, 1.54) is 0 Å². The molecule has 0 amide bonds. The van der Waals surface area contributed by atoms with E-state index in [1.807, 2.05) is 25.3 Å². The summed E-state index contributed by atoms with van der Waals surface area (Å²) in [6.45, 7) is 2.00. The number of hydrogen-bond acceptors (Lipinski definition) is 0. The molecular weight excluding hydrogens is 161 g/mol. The molecule has 1 rings (SSSR count). The quantitative estimate of drug-likeness (QED) is 0.271. The molecule has 0 aliphatic rings. The standard InChI is InChI=1S/C6H7N.ClH.K/c1-6-3-2-4-7-5-6;;/h2-4,7H,1H3;1H;/q;;+1/p-1. The van der Waals surface area contributed by atoms with Crippen molar-refractivity contribution in [3.8, 4) is 0 Å². The van der Waals surface area contributed by atoms with Gasteiger partial charge in [-0.2, -0.15) is 6.07 Å². The summed E-state index contributed by atoms with van der Waals surface area (Å²) in [6, 6.07) is 3.95. The number of rotatable bonds is 0. The normalized spacial score (nSPS) is 6.78. The minimum atomic E-state index is 0. The van der Waals surface area contributed by atoms with E-state index >= 15 is 0 Å². The van der Waals surface area contributed by atoms with Gasteiger partial charge in [0.1, 0.15) is 6.20 Å². The predicted molar refractivity (Wildman–Crippen MR) is 26.6 cm³/mol. The van der Waals surface area contributed by atoms with Crippen molar-refractivity contribution in [1.29, 1.82) is 0 Å². The van der Waals surface area contributed by atoms with E-state index < -0.39 is 0 Å². The minimum absolute atomic E-state index is 0. The summed E-state index contributed by atoms with van der Waals surface area (Å²) < 4.78 is 0. The van der Waals surface area contributed by atoms with E-state index in [0.717, 1.165) is 5.56 Å². The topological polar surface area (TPSA) is 14.1 Å². The van der Waals surface area contributed by atoms with Gasteiger partial charge in [0, 0.05) is 0 Å². The molecule has 0 bridgehead atoms. The number of aryl methyl sites for hydroxylation is 1. The number of pyridine rings is 1. The number of nitrogens with one attached hydrogen (secondary N) is 1. The molecule has 0 saturated heterocycles. The Morgan fingerprint density at radius 1 is 1.56 bits per heavy atom. The van der Waals surface area contributed by atoms with Crippen LogP contribution in [-0.2, 0) is 0 Å². The maximum absolute atomic E-state index is 2.91. The van der Waals surface area contributed by atoms with E-state index in [2.05, 4.69) is 11.2 Å². The van der Waals surface area contributed by atoms with Crippen molar-refractivity contribution in [3.05, 3.63) is 30.1 Å². The number of hydrogen-bond donors (Lipinski definition) is 0. The van der Waals surface area contributed by atoms with Gasteiger partial charge in [-0.25, -0.2) is 0 Å². The Morgan fingerprint density at radius 3 is 2.44 bits per heavy atom. The summed E-state index contributed by atoms with van der Waals surface area (Å²) in [6.07, 6.45) is 4.75. The van der Waals surface area contributed by atoms with Crippen LogP contribution in [0.25, 0.3) is 0 Å². The molecule has 3 heteroatoms. The monoisotopic (exact) mass is 167 g/mol. The van der Waals surface area contributed by atoms with Crippen molar-refractivity contribution in [1.82, 2.24) is 0 Å². The Morgan fingerprint density at radius 2 is 2.22 bits per heavy atom. The first kappa shape index (κ1) is 12.7. The first-order chi connectivity index (χ1) is 3.39. The molecule has 9 heavy (non-hydrogen) atoms. The van der Waals surface area contributed by atoms with Crippen LogP contribution in [0.2, 0.25) is 0 Å². The van der Waals surface area contributed by atoms with Crippen LogP contribution in [0.3, 0.4) is 0 Å². The molecule has 0 saturated carbocycles. The van der Waals surface area contributed by atoms with Crippen LogP contribution in [0.4, 0.5) is 0 Å². The van der Waals surface area contributed by atoms with Crippen molar-refractivity contribution in [2.75, 3.05) is 0 Å². The first-order valence-corrected chi connectivity index (χ1v) is 2.24. The van der Waals surface area contributed by atoms with Crippen molar-refractivity contribution in [3.63, 3.8) is 0 Å². The average Bonchev–Trinajstić information content (AvgIpc) is 1.69. The molecule has 1 heterocycles. The third-order valence-electron chi connectivity index (χ3n) is 0.795. The number of aromatic nitrogens is 1. The Bertz CT molecular complexity index is 143. The van der Waals surface area contributed by atoms with Crippen LogP contribution in [-0.4, -0.2) is 0 Å². The molecule has 0 atom stereocenters. The van der Waals surface area contributed by atoms with Crippen LogP contribution in [0.1, 0.15) is 5.56 Å². The fourth-order valence-electron chi connectivity index (χ4n) is 0.438. The molecular formula is C6H7ClKN. The maximum Gasteiger partial charge on any atom is 1.00 e. The molecule has 0 aliphatic carbocycles. The molecule has 0 radical (unpaired) electrons. The number of halogens is 1. The van der Waals surface area contributed by atoms with Crippen molar-refractivity contribution >= 4 is 0 Å². The van der Waals surface area contributed by atoms with Crippen LogP contribution < -0.4 is 68.8 Å². The zero-order valence-corrected chi connectivity index (χ0v) is 9.49. The number of aromatic amines is 1. The molecule has 0 spiro atoms. The third kappa shape index (κ3) is 5.52. The summed E-state index contributed by atoms with van der Waals surface area (Å²) in [5.74, 6) is 0. The van der Waals surface area contributed by atoms with Gasteiger partial charge >= 0.3 is 51.4 Å². The van der Waals surface area contributed by atoms with Gasteiger partial charge in [-0.3, -0.25) is 0 Å². The van der Waals surface area contributed by atoms with Crippen LogP contribution in [0.5, 0.6) is 0 Å². The minimum Gasteiger partial charge on any atom is -1.00 e. The Hall–Kier alpha value is 1.08. The second-order valence-corrected chi connectivity index (χ2v) is 1.48. The second kappa shape index (κ2) is 7.19. The van der Waals surface area contributed by atoms with Gasteiger partial charge in [-0.05, 0) is 0 Å². The van der Waals surface area contributed by atoms with Gasteiger partial charge in [0.15, 0.2) is 0 Å². The van der Waals surface area contributed by atoms with Gasteiger partial charge in [-0.15, -0.1) is 6.07 Å². The van der Waals surface area contributed by atoms with Crippen molar-refractivity contribution < 1.29 is 68.8 Å². The van der Waals surface area contributed by atoms with E-state index in [0.29, 0.717) is 0 Å². The van der Waals surface area contributed by atoms with Gasteiger partial charge in [0.2, 0.25) is 0 Å². The van der Waals surface area contributed by atoms with Gasteiger partial charge in [0.05, 0.1) is 6.20 Å². The van der Waals surface area contributed by atoms with E-state index in [4.69, 9.17) is 0 Å². The molecule has 1 aromatic rings. The van der Waals surface area contributed by atoms with Crippen molar-refractivity contribution in [2.24, 2.45) is 0 Å². The summed E-state index contributed by atoms with van der Waals surface area (Å²) in [7, 11) is 0. The summed E-state index contributed by atoms with van der Waals surface area (Å²) in [5, 5.41) is 0. The molecule has 0 fully saturated rings. The Kier molecular flexibility index (Phi) is 10.2. The van der Waals surface area contributed by atoms with Gasteiger partial charge in [0.25, 0.3) is 0 Å². The summed E-state index contributed by atoms with van der Waals surface area (Å²) >= 11 is 0. The smallest absolute Gasteiger partial charge is 1.00 e. The second-order valence-electron chi connectivity index (χ2n) is 1.48. The summed E-state index contributed by atoms with van der Waals surface area (Å²) in [4.78, 5) is 2.84. The van der Waals surface area contributed by atoms with Gasteiger partial charge in [-0.1, -0.05) is 12.5 Å². The average molecular weight is 168 g/mol. The van der Waals surface area contributed by atoms with Gasteiger partial charge < -0.3 is 17.4 Å². The van der Waals surface area contributed by atoms with Crippen molar-refractivity contribution in [2.45, 2.75) is 6.92 Å². The predicted octanol–water partition coefficient (Wildman–Crippen LogP) is -5.38. The molecule has 0 unspecified atom stereocenters. The number of H-pyrrole nitrogens is 1. The zero-order chi connectivity index (χ0) is 5.11. The fraction of sp³-hybridized carbons (Fsp3) is 0.167. The first-order valence-electron chi connectivity index (χ1n) is 2.24. The molecule has 44 valence electrons. The largest absolute Gasteiger partial charge is 1.00 e.